The monoisotopic (exact) mass is 367 g/mol. The Morgan fingerprint density at radius 1 is 1.28 bits per heavy atom. The zero-order valence-corrected chi connectivity index (χ0v) is 15.3. The predicted molar refractivity (Wildman–Crippen MR) is 92.0 cm³/mol. The van der Waals surface area contributed by atoms with E-state index in [0.29, 0.717) is 11.4 Å². The van der Waals surface area contributed by atoms with Crippen molar-refractivity contribution in [3.63, 3.8) is 0 Å². The number of nitrogens with zero attached hydrogens (tertiary/aromatic N) is 1. The summed E-state index contributed by atoms with van der Waals surface area (Å²) in [5.74, 6) is 0.163. The Bertz CT molecular complexity index is 839. The van der Waals surface area contributed by atoms with Crippen LogP contribution in [0.5, 0.6) is 5.75 Å². The highest BCUT2D eigenvalue weighted by Gasteiger charge is 2.24. The summed E-state index contributed by atoms with van der Waals surface area (Å²) in [6, 6.07) is 6.94. The minimum absolute atomic E-state index is 0.0520. The van der Waals surface area contributed by atoms with Crippen molar-refractivity contribution in [3.05, 3.63) is 35.7 Å². The molecule has 0 radical (unpaired) electrons. The van der Waals surface area contributed by atoms with Crippen molar-refractivity contribution < 1.29 is 22.5 Å². The summed E-state index contributed by atoms with van der Waals surface area (Å²) in [5.41, 5.74) is 0.707. The normalized spacial score (nSPS) is 11.6. The molecule has 1 aromatic carbocycles. The molecule has 2 aromatic rings. The lowest BCUT2D eigenvalue weighted by Crippen LogP contribution is -2.33. The molecule has 0 saturated carbocycles. The number of amides is 1. The van der Waals surface area contributed by atoms with Crippen LogP contribution in [-0.2, 0) is 14.8 Å². The summed E-state index contributed by atoms with van der Waals surface area (Å²) in [7, 11) is -3.89. The van der Waals surface area contributed by atoms with Crippen LogP contribution in [0, 0.1) is 13.8 Å². The van der Waals surface area contributed by atoms with E-state index in [9.17, 15) is 13.2 Å². The average molecular weight is 367 g/mol. The molecule has 0 fully saturated rings. The zero-order valence-electron chi connectivity index (χ0n) is 14.5. The van der Waals surface area contributed by atoms with Crippen molar-refractivity contribution >= 4 is 21.6 Å². The first kappa shape index (κ1) is 18.9. The smallest absolute Gasteiger partial charge is 0.246 e. The summed E-state index contributed by atoms with van der Waals surface area (Å²) in [4.78, 5) is 12.1. The Labute approximate surface area is 146 Å². The third-order valence-electron chi connectivity index (χ3n) is 3.18. The quantitative estimate of drug-likeness (QED) is 0.774. The van der Waals surface area contributed by atoms with E-state index in [4.69, 9.17) is 9.26 Å². The van der Waals surface area contributed by atoms with Gasteiger partial charge in [0.25, 0.3) is 0 Å². The van der Waals surface area contributed by atoms with Crippen molar-refractivity contribution in [3.8, 4) is 5.75 Å². The number of nitrogens with one attached hydrogen (secondary N) is 2. The van der Waals surface area contributed by atoms with Gasteiger partial charge in [0.05, 0.1) is 18.3 Å². The van der Waals surface area contributed by atoms with Gasteiger partial charge in [-0.25, -0.2) is 13.1 Å². The second-order valence-electron chi connectivity index (χ2n) is 5.69. The van der Waals surface area contributed by atoms with Crippen LogP contribution < -0.4 is 14.8 Å². The number of carbonyl (C=O) groups excluding carboxylic acids is 1. The first-order chi connectivity index (χ1) is 11.7. The van der Waals surface area contributed by atoms with Gasteiger partial charge in [-0.05, 0) is 39.8 Å². The summed E-state index contributed by atoms with van der Waals surface area (Å²) >= 11 is 0. The maximum atomic E-state index is 12.3. The molecule has 8 nitrogen and oxygen atoms in total. The van der Waals surface area contributed by atoms with Gasteiger partial charge in [-0.15, -0.1) is 0 Å². The minimum Gasteiger partial charge on any atom is -0.489 e. The van der Waals surface area contributed by atoms with Crippen LogP contribution in [0.1, 0.15) is 25.3 Å². The summed E-state index contributed by atoms with van der Waals surface area (Å²) < 4.78 is 37.3. The molecule has 1 heterocycles. The highest BCUT2D eigenvalue weighted by atomic mass is 32.2. The molecule has 1 amide bonds. The predicted octanol–water partition coefficient (Wildman–Crippen LogP) is 2.00. The fourth-order valence-electron chi connectivity index (χ4n) is 2.21. The van der Waals surface area contributed by atoms with E-state index in [1.807, 2.05) is 13.8 Å². The number of aromatic nitrogens is 1. The zero-order chi connectivity index (χ0) is 18.6. The number of carbonyl (C=O) groups is 1. The highest BCUT2D eigenvalue weighted by molar-refractivity contribution is 7.89. The van der Waals surface area contributed by atoms with Gasteiger partial charge >= 0.3 is 0 Å². The number of benzene rings is 1. The van der Waals surface area contributed by atoms with Crippen molar-refractivity contribution in [2.24, 2.45) is 0 Å². The van der Waals surface area contributed by atoms with Gasteiger partial charge in [0.15, 0.2) is 5.76 Å². The molecule has 0 aliphatic rings. The van der Waals surface area contributed by atoms with Gasteiger partial charge < -0.3 is 14.6 Å². The van der Waals surface area contributed by atoms with Crippen molar-refractivity contribution in [1.29, 1.82) is 0 Å². The second kappa shape index (κ2) is 7.66. The summed E-state index contributed by atoms with van der Waals surface area (Å²) in [5, 5.41) is 6.24. The molecule has 0 aliphatic heterocycles. The van der Waals surface area contributed by atoms with E-state index < -0.39 is 22.5 Å². The SMILES string of the molecule is Cc1noc(C)c1S(=O)(=O)NCC(=O)Nc1ccccc1OC(C)C. The summed E-state index contributed by atoms with van der Waals surface area (Å²) in [6.45, 7) is 6.33. The van der Waals surface area contributed by atoms with Crippen LogP contribution in [0.25, 0.3) is 0 Å². The topological polar surface area (TPSA) is 111 Å². The number of rotatable bonds is 7. The number of anilines is 1. The van der Waals surface area contributed by atoms with E-state index in [-0.39, 0.29) is 22.5 Å². The number of ether oxygens (including phenoxy) is 1. The van der Waals surface area contributed by atoms with Gasteiger partial charge in [0.1, 0.15) is 16.3 Å². The number of hydrogen-bond acceptors (Lipinski definition) is 6. The Kier molecular flexibility index (Phi) is 5.81. The lowest BCUT2D eigenvalue weighted by molar-refractivity contribution is -0.115. The van der Waals surface area contributed by atoms with E-state index in [1.54, 1.807) is 24.3 Å². The molecule has 0 unspecified atom stereocenters. The number of sulfonamides is 1. The molecule has 136 valence electrons. The van der Waals surface area contributed by atoms with Gasteiger partial charge in [-0.2, -0.15) is 0 Å². The van der Waals surface area contributed by atoms with E-state index >= 15 is 0 Å². The second-order valence-corrected chi connectivity index (χ2v) is 7.39. The molecule has 0 bridgehead atoms. The molecule has 25 heavy (non-hydrogen) atoms. The lowest BCUT2D eigenvalue weighted by Gasteiger charge is -2.15. The lowest BCUT2D eigenvalue weighted by atomic mass is 10.3. The van der Waals surface area contributed by atoms with Crippen LogP contribution in [0.2, 0.25) is 0 Å². The standard InChI is InChI=1S/C16H21N3O5S/c1-10(2)23-14-8-6-5-7-13(14)18-15(20)9-17-25(21,22)16-11(3)19-24-12(16)4/h5-8,10,17H,9H2,1-4H3,(H,18,20). The van der Waals surface area contributed by atoms with E-state index in [1.165, 1.54) is 13.8 Å². The van der Waals surface area contributed by atoms with E-state index in [0.717, 1.165) is 0 Å². The molecule has 9 heteroatoms. The van der Waals surface area contributed by atoms with Gasteiger partial charge in [-0.1, -0.05) is 17.3 Å². The Hall–Kier alpha value is -2.39. The Morgan fingerprint density at radius 2 is 1.96 bits per heavy atom. The highest BCUT2D eigenvalue weighted by Crippen LogP contribution is 2.24. The van der Waals surface area contributed by atoms with Crippen LogP contribution in [0.4, 0.5) is 5.69 Å². The van der Waals surface area contributed by atoms with Crippen molar-refractivity contribution in [2.75, 3.05) is 11.9 Å². The van der Waals surface area contributed by atoms with Gasteiger partial charge in [0, 0.05) is 0 Å². The Morgan fingerprint density at radius 3 is 2.56 bits per heavy atom. The van der Waals surface area contributed by atoms with Gasteiger partial charge in [-0.3, -0.25) is 4.79 Å². The number of hydrogen-bond donors (Lipinski definition) is 2. The van der Waals surface area contributed by atoms with Crippen LogP contribution in [0.3, 0.4) is 0 Å². The maximum absolute atomic E-state index is 12.3. The molecule has 2 rings (SSSR count). The van der Waals surface area contributed by atoms with Crippen molar-refractivity contribution in [1.82, 2.24) is 9.88 Å². The first-order valence-corrected chi connectivity index (χ1v) is 9.17. The maximum Gasteiger partial charge on any atom is 0.246 e. The number of aryl methyl sites for hydroxylation is 2. The average Bonchev–Trinajstić information content (AvgIpc) is 2.86. The minimum atomic E-state index is -3.89. The molecule has 1 aromatic heterocycles. The third-order valence-corrected chi connectivity index (χ3v) is 4.83. The molecule has 0 spiro atoms. The van der Waals surface area contributed by atoms with Crippen LogP contribution in [0.15, 0.2) is 33.7 Å². The molecule has 0 atom stereocenters. The Balaban J connectivity index is 2.04. The fourth-order valence-corrected chi connectivity index (χ4v) is 3.52. The molecule has 0 saturated heterocycles. The third kappa shape index (κ3) is 4.80. The molecule has 0 aliphatic carbocycles. The summed E-state index contributed by atoms with van der Waals surface area (Å²) in [6.07, 6.45) is -0.0592. The van der Waals surface area contributed by atoms with Crippen molar-refractivity contribution in [2.45, 2.75) is 38.7 Å². The molecule has 2 N–H and O–H groups in total. The van der Waals surface area contributed by atoms with Crippen LogP contribution in [-0.4, -0.2) is 32.1 Å². The first-order valence-electron chi connectivity index (χ1n) is 7.68. The molecular weight excluding hydrogens is 346 g/mol. The largest absolute Gasteiger partial charge is 0.489 e. The molecular formula is C16H21N3O5S. The number of para-hydroxylation sites is 2. The van der Waals surface area contributed by atoms with E-state index in [2.05, 4.69) is 15.2 Å². The fraction of sp³-hybridized carbons (Fsp3) is 0.375. The van der Waals surface area contributed by atoms with Gasteiger partial charge in [0.2, 0.25) is 15.9 Å². The van der Waals surface area contributed by atoms with Crippen LogP contribution >= 0.6 is 0 Å².